The van der Waals surface area contributed by atoms with Crippen LogP contribution in [0.25, 0.3) is 16.6 Å². The van der Waals surface area contributed by atoms with Crippen LogP contribution in [0, 0.1) is 12.3 Å². The highest BCUT2D eigenvalue weighted by atomic mass is 16.5. The molecule has 6 heteroatoms. The van der Waals surface area contributed by atoms with Crippen molar-refractivity contribution in [1.29, 1.82) is 5.41 Å². The average Bonchev–Trinajstić information content (AvgIpc) is 3.28. The van der Waals surface area contributed by atoms with Crippen LogP contribution >= 0.6 is 0 Å². The maximum Gasteiger partial charge on any atom is 0.145 e. The number of aryl methyl sites for hydroxylation is 1. The van der Waals surface area contributed by atoms with Crippen LogP contribution in [0.2, 0.25) is 0 Å². The SMILES string of the molecule is Cc1ccc2nc(C3=C(O)CN(c4ccc(Oc5ccccc5)cc4)C3=N)[nH]c2c1. The molecule has 0 aliphatic carbocycles. The van der Waals surface area contributed by atoms with Crippen LogP contribution in [0.15, 0.2) is 78.6 Å². The second-order valence-electron chi connectivity index (χ2n) is 7.27. The lowest BCUT2D eigenvalue weighted by molar-refractivity contribution is 0.411. The molecule has 0 spiro atoms. The Labute approximate surface area is 173 Å². The highest BCUT2D eigenvalue weighted by molar-refractivity contribution is 6.30. The summed E-state index contributed by atoms with van der Waals surface area (Å²) in [4.78, 5) is 9.54. The zero-order chi connectivity index (χ0) is 20.7. The van der Waals surface area contributed by atoms with Crippen molar-refractivity contribution in [1.82, 2.24) is 9.97 Å². The fraction of sp³-hybridized carbons (Fsp3) is 0.0833. The Morgan fingerprint density at radius 1 is 1.00 bits per heavy atom. The van der Waals surface area contributed by atoms with E-state index in [9.17, 15) is 5.11 Å². The van der Waals surface area contributed by atoms with Crippen molar-refractivity contribution in [2.24, 2.45) is 0 Å². The van der Waals surface area contributed by atoms with Crippen LogP contribution in [0.3, 0.4) is 0 Å². The summed E-state index contributed by atoms with van der Waals surface area (Å²) in [6.45, 7) is 2.24. The number of anilines is 1. The van der Waals surface area contributed by atoms with Gasteiger partial charge in [-0.1, -0.05) is 24.3 Å². The summed E-state index contributed by atoms with van der Waals surface area (Å²) >= 11 is 0. The lowest BCUT2D eigenvalue weighted by Crippen LogP contribution is -2.26. The van der Waals surface area contributed by atoms with Gasteiger partial charge in [0, 0.05) is 5.69 Å². The number of ether oxygens (including phenoxy) is 1. The summed E-state index contributed by atoms with van der Waals surface area (Å²) < 4.78 is 5.83. The summed E-state index contributed by atoms with van der Waals surface area (Å²) in [6, 6.07) is 23.0. The van der Waals surface area contributed by atoms with Crippen molar-refractivity contribution in [2.45, 2.75) is 6.92 Å². The lowest BCUT2D eigenvalue weighted by Gasteiger charge is -2.19. The second-order valence-corrected chi connectivity index (χ2v) is 7.27. The van der Waals surface area contributed by atoms with Crippen LogP contribution < -0.4 is 9.64 Å². The Morgan fingerprint density at radius 3 is 2.50 bits per heavy atom. The number of H-pyrrole nitrogens is 1. The quantitative estimate of drug-likeness (QED) is 0.429. The van der Waals surface area contributed by atoms with Gasteiger partial charge in [0.2, 0.25) is 0 Å². The molecule has 0 fully saturated rings. The lowest BCUT2D eigenvalue weighted by atomic mass is 10.2. The predicted octanol–water partition coefficient (Wildman–Crippen LogP) is 5.43. The van der Waals surface area contributed by atoms with Gasteiger partial charge in [-0.3, -0.25) is 5.41 Å². The Kier molecular flexibility index (Phi) is 4.25. The van der Waals surface area contributed by atoms with Gasteiger partial charge in [0.15, 0.2) is 0 Å². The Morgan fingerprint density at radius 2 is 1.73 bits per heavy atom. The van der Waals surface area contributed by atoms with Crippen molar-refractivity contribution in [3.63, 3.8) is 0 Å². The Bertz CT molecular complexity index is 1270. The first-order valence-corrected chi connectivity index (χ1v) is 9.67. The van der Waals surface area contributed by atoms with E-state index < -0.39 is 0 Å². The van der Waals surface area contributed by atoms with E-state index in [-0.39, 0.29) is 18.1 Å². The van der Waals surface area contributed by atoms with Crippen molar-refractivity contribution >= 4 is 28.1 Å². The molecule has 3 N–H and O–H groups in total. The third kappa shape index (κ3) is 3.18. The number of para-hydroxylation sites is 1. The van der Waals surface area contributed by atoms with Gasteiger partial charge in [-0.2, -0.15) is 0 Å². The van der Waals surface area contributed by atoms with Gasteiger partial charge in [-0.05, 0) is 61.0 Å². The molecule has 4 aromatic rings. The monoisotopic (exact) mass is 396 g/mol. The highest BCUT2D eigenvalue weighted by Gasteiger charge is 2.31. The molecule has 0 saturated carbocycles. The number of aliphatic hydroxyl groups excluding tert-OH is 1. The molecule has 6 nitrogen and oxygen atoms in total. The van der Waals surface area contributed by atoms with Gasteiger partial charge in [-0.15, -0.1) is 0 Å². The molecule has 0 saturated heterocycles. The van der Waals surface area contributed by atoms with Crippen molar-refractivity contribution in [3.05, 3.63) is 89.9 Å². The summed E-state index contributed by atoms with van der Waals surface area (Å²) in [6.07, 6.45) is 0. The number of hydrogen-bond acceptors (Lipinski definition) is 4. The van der Waals surface area contributed by atoms with Gasteiger partial charge >= 0.3 is 0 Å². The summed E-state index contributed by atoms with van der Waals surface area (Å²) in [5.41, 5.74) is 4.04. The van der Waals surface area contributed by atoms with Crippen LogP contribution in [0.1, 0.15) is 11.4 Å². The average molecular weight is 396 g/mol. The number of aromatic amines is 1. The number of nitrogens with one attached hydrogen (secondary N) is 2. The second kappa shape index (κ2) is 7.08. The van der Waals surface area contributed by atoms with Crippen molar-refractivity contribution in [2.75, 3.05) is 11.4 Å². The van der Waals surface area contributed by atoms with Crippen LogP contribution in [0.5, 0.6) is 11.5 Å². The number of benzene rings is 3. The number of nitrogens with zero attached hydrogens (tertiary/aromatic N) is 2. The van der Waals surface area contributed by atoms with Gasteiger partial charge in [0.1, 0.15) is 28.9 Å². The zero-order valence-corrected chi connectivity index (χ0v) is 16.4. The first-order valence-electron chi connectivity index (χ1n) is 9.67. The number of rotatable bonds is 4. The molecule has 0 unspecified atom stereocenters. The van der Waals surface area contributed by atoms with Crippen molar-refractivity contribution < 1.29 is 9.84 Å². The third-order valence-electron chi connectivity index (χ3n) is 5.10. The smallest absolute Gasteiger partial charge is 0.145 e. The van der Waals surface area contributed by atoms with E-state index in [2.05, 4.69) is 9.97 Å². The van der Waals surface area contributed by atoms with E-state index in [1.54, 1.807) is 4.90 Å². The Hall–Kier alpha value is -4.06. The molecule has 1 aliphatic heterocycles. The normalized spacial score (nSPS) is 14.0. The maximum atomic E-state index is 10.6. The van der Waals surface area contributed by atoms with E-state index in [1.165, 1.54) is 0 Å². The largest absolute Gasteiger partial charge is 0.509 e. The molecule has 1 aromatic heterocycles. The summed E-state index contributed by atoms with van der Waals surface area (Å²) in [5.74, 6) is 2.31. The minimum absolute atomic E-state index is 0.125. The Balaban J connectivity index is 1.38. The predicted molar refractivity (Wildman–Crippen MR) is 118 cm³/mol. The number of imidazole rings is 1. The standard InChI is InChI=1S/C24H20N4O2/c1-15-7-12-19-20(13-15)27-24(26-19)22-21(29)14-28(23(22)25)16-8-10-18(11-9-16)30-17-5-3-2-4-6-17/h2-13,25,29H,14H2,1H3,(H,26,27). The van der Waals surface area contributed by atoms with E-state index in [0.29, 0.717) is 17.1 Å². The minimum Gasteiger partial charge on any atom is -0.509 e. The molecule has 5 rings (SSSR count). The molecule has 0 radical (unpaired) electrons. The maximum absolute atomic E-state index is 10.6. The highest BCUT2D eigenvalue weighted by Crippen LogP contribution is 2.32. The van der Waals surface area contributed by atoms with Crippen LogP contribution in [-0.2, 0) is 0 Å². The molecule has 0 bridgehead atoms. The number of hydrogen-bond donors (Lipinski definition) is 3. The van der Waals surface area contributed by atoms with E-state index in [4.69, 9.17) is 10.1 Å². The molecular formula is C24H20N4O2. The van der Waals surface area contributed by atoms with Crippen LogP contribution in [-0.4, -0.2) is 27.5 Å². The van der Waals surface area contributed by atoms with E-state index >= 15 is 0 Å². The third-order valence-corrected chi connectivity index (χ3v) is 5.10. The van der Waals surface area contributed by atoms with Gasteiger partial charge < -0.3 is 19.7 Å². The molecule has 30 heavy (non-hydrogen) atoms. The van der Waals surface area contributed by atoms with E-state index in [1.807, 2.05) is 79.7 Å². The number of fused-ring (bicyclic) bond motifs is 1. The topological polar surface area (TPSA) is 85.2 Å². The first kappa shape index (κ1) is 18.0. The molecule has 2 heterocycles. The summed E-state index contributed by atoms with van der Waals surface area (Å²) in [5, 5.41) is 19.2. The molecule has 148 valence electrons. The minimum atomic E-state index is 0.125. The van der Waals surface area contributed by atoms with Crippen molar-refractivity contribution in [3.8, 4) is 11.5 Å². The van der Waals surface area contributed by atoms with Gasteiger partial charge in [0.25, 0.3) is 0 Å². The fourth-order valence-corrected chi connectivity index (χ4v) is 3.61. The molecular weight excluding hydrogens is 376 g/mol. The summed E-state index contributed by atoms with van der Waals surface area (Å²) in [7, 11) is 0. The van der Waals surface area contributed by atoms with Gasteiger partial charge in [0.05, 0.1) is 23.2 Å². The van der Waals surface area contributed by atoms with Gasteiger partial charge in [-0.25, -0.2) is 4.98 Å². The van der Waals surface area contributed by atoms with Crippen LogP contribution in [0.4, 0.5) is 5.69 Å². The molecule has 3 aromatic carbocycles. The number of aliphatic hydroxyl groups is 1. The first-order chi connectivity index (χ1) is 14.6. The zero-order valence-electron chi connectivity index (χ0n) is 16.4. The fourth-order valence-electron chi connectivity index (χ4n) is 3.61. The van der Waals surface area contributed by atoms with E-state index in [0.717, 1.165) is 28.0 Å². The molecule has 1 aliphatic rings. The molecule has 0 atom stereocenters. The molecule has 0 amide bonds. The number of amidine groups is 1. The number of aromatic nitrogens is 2.